The van der Waals surface area contributed by atoms with Crippen LogP contribution in [0.15, 0.2) is 36.4 Å². The highest BCUT2D eigenvalue weighted by Crippen LogP contribution is 2.38. The predicted molar refractivity (Wildman–Crippen MR) is 93.4 cm³/mol. The summed E-state index contributed by atoms with van der Waals surface area (Å²) in [6.45, 7) is 2.66. The van der Waals surface area contributed by atoms with Crippen LogP contribution in [0.4, 0.5) is 0 Å². The summed E-state index contributed by atoms with van der Waals surface area (Å²) in [4.78, 5) is 15.3. The number of fused-ring (bicyclic) bond motifs is 1. The second kappa shape index (κ2) is 6.32. The molecule has 2 N–H and O–H groups in total. The van der Waals surface area contributed by atoms with Crippen LogP contribution in [0.1, 0.15) is 28.9 Å². The highest BCUT2D eigenvalue weighted by molar-refractivity contribution is 7.23. The molecule has 3 rings (SSSR count). The maximum atomic E-state index is 12.2. The van der Waals surface area contributed by atoms with Crippen LogP contribution in [-0.4, -0.2) is 17.4 Å². The van der Waals surface area contributed by atoms with Crippen molar-refractivity contribution in [3.8, 4) is 0 Å². The first-order valence-electron chi connectivity index (χ1n) is 6.86. The molecule has 1 atom stereocenters. The Labute approximate surface area is 142 Å². The zero-order valence-electron chi connectivity index (χ0n) is 11.8. The van der Waals surface area contributed by atoms with Gasteiger partial charge in [0, 0.05) is 6.54 Å². The van der Waals surface area contributed by atoms with Crippen LogP contribution in [0, 0.1) is 0 Å². The molecule has 3 aromatic rings. The highest BCUT2D eigenvalue weighted by atomic mass is 35.5. The molecule has 114 valence electrons. The summed E-state index contributed by atoms with van der Waals surface area (Å²) in [5.74, 6) is 0.109. The molecule has 0 saturated heterocycles. The zero-order valence-corrected chi connectivity index (χ0v) is 14.1. The molecule has 1 aromatic carbocycles. The van der Waals surface area contributed by atoms with E-state index >= 15 is 0 Å². The molecule has 0 radical (unpaired) electrons. The zero-order chi connectivity index (χ0) is 15.7. The van der Waals surface area contributed by atoms with Gasteiger partial charge in [-0.05, 0) is 17.5 Å². The van der Waals surface area contributed by atoms with Gasteiger partial charge in [0.2, 0.25) is 0 Å². The van der Waals surface area contributed by atoms with Crippen molar-refractivity contribution in [1.29, 1.82) is 0 Å². The van der Waals surface area contributed by atoms with Crippen LogP contribution in [0.2, 0.25) is 9.36 Å². The lowest BCUT2D eigenvalue weighted by molar-refractivity contribution is 0.0947. The molecule has 6 heteroatoms. The SMILES string of the molecule is CC(CNC(=O)c1cc2sc(Cl)c(Cl)c2[nH]1)c1ccccc1. The van der Waals surface area contributed by atoms with Crippen molar-refractivity contribution in [2.75, 3.05) is 6.54 Å². The van der Waals surface area contributed by atoms with E-state index in [0.717, 1.165) is 10.2 Å². The number of carbonyl (C=O) groups excluding carboxylic acids is 1. The monoisotopic (exact) mass is 352 g/mol. The minimum Gasteiger partial charge on any atom is -0.350 e. The number of aromatic nitrogens is 1. The summed E-state index contributed by atoms with van der Waals surface area (Å²) in [5, 5.41) is 3.41. The molecule has 1 amide bonds. The Balaban J connectivity index is 1.68. The smallest absolute Gasteiger partial charge is 0.267 e. The maximum Gasteiger partial charge on any atom is 0.267 e. The van der Waals surface area contributed by atoms with Crippen LogP contribution in [0.25, 0.3) is 10.2 Å². The molecule has 2 aromatic heterocycles. The summed E-state index contributed by atoms with van der Waals surface area (Å²) < 4.78 is 1.42. The third-order valence-electron chi connectivity index (χ3n) is 3.56. The quantitative estimate of drug-likeness (QED) is 0.676. The van der Waals surface area contributed by atoms with Gasteiger partial charge in [-0.3, -0.25) is 4.79 Å². The normalized spacial score (nSPS) is 12.5. The summed E-state index contributed by atoms with van der Waals surface area (Å²) in [5.41, 5.74) is 2.42. The largest absolute Gasteiger partial charge is 0.350 e. The van der Waals surface area contributed by atoms with Gasteiger partial charge >= 0.3 is 0 Å². The van der Waals surface area contributed by atoms with E-state index in [1.807, 2.05) is 18.2 Å². The molecule has 2 heterocycles. The molecule has 0 spiro atoms. The summed E-state index contributed by atoms with van der Waals surface area (Å²) in [6, 6.07) is 11.9. The van der Waals surface area contributed by atoms with Gasteiger partial charge in [0.05, 0.1) is 15.2 Å². The fourth-order valence-electron chi connectivity index (χ4n) is 2.28. The summed E-state index contributed by atoms with van der Waals surface area (Å²) in [6.07, 6.45) is 0. The molecule has 22 heavy (non-hydrogen) atoms. The topological polar surface area (TPSA) is 44.9 Å². The number of benzene rings is 1. The maximum absolute atomic E-state index is 12.2. The van der Waals surface area contributed by atoms with Gasteiger partial charge in [0.1, 0.15) is 10.0 Å². The fraction of sp³-hybridized carbons (Fsp3) is 0.188. The average molecular weight is 353 g/mol. The Bertz CT molecular complexity index is 810. The lowest BCUT2D eigenvalue weighted by Crippen LogP contribution is -2.27. The van der Waals surface area contributed by atoms with Crippen molar-refractivity contribution in [2.45, 2.75) is 12.8 Å². The number of nitrogens with one attached hydrogen (secondary N) is 2. The van der Waals surface area contributed by atoms with Gasteiger partial charge in [-0.1, -0.05) is 60.5 Å². The number of aromatic amines is 1. The fourth-order valence-corrected chi connectivity index (χ4v) is 3.76. The Morgan fingerprint density at radius 1 is 1.32 bits per heavy atom. The first-order valence-corrected chi connectivity index (χ1v) is 8.43. The van der Waals surface area contributed by atoms with Crippen molar-refractivity contribution < 1.29 is 4.79 Å². The molecule has 0 aliphatic carbocycles. The van der Waals surface area contributed by atoms with Gasteiger partial charge in [-0.15, -0.1) is 11.3 Å². The Morgan fingerprint density at radius 2 is 2.05 bits per heavy atom. The standard InChI is InChI=1S/C16H14Cl2N2OS/c1-9(10-5-3-2-4-6-10)8-19-16(21)11-7-12-14(20-11)13(17)15(18)22-12/h2-7,9,20H,8H2,1H3,(H,19,21). The molecule has 0 fully saturated rings. The second-order valence-electron chi connectivity index (χ2n) is 5.13. The van der Waals surface area contributed by atoms with Crippen LogP contribution >= 0.6 is 34.5 Å². The van der Waals surface area contributed by atoms with E-state index in [-0.39, 0.29) is 11.8 Å². The van der Waals surface area contributed by atoms with Gasteiger partial charge < -0.3 is 10.3 Å². The number of thiophene rings is 1. The van der Waals surface area contributed by atoms with Gasteiger partial charge in [-0.2, -0.15) is 0 Å². The number of rotatable bonds is 4. The number of hydrogen-bond acceptors (Lipinski definition) is 2. The second-order valence-corrected chi connectivity index (χ2v) is 7.17. The highest BCUT2D eigenvalue weighted by Gasteiger charge is 2.16. The number of amides is 1. The first kappa shape index (κ1) is 15.4. The van der Waals surface area contributed by atoms with E-state index in [1.54, 1.807) is 6.07 Å². The number of hydrogen-bond donors (Lipinski definition) is 2. The first-order chi connectivity index (χ1) is 10.6. The van der Waals surface area contributed by atoms with Gasteiger partial charge in [0.25, 0.3) is 5.91 Å². The van der Waals surface area contributed by atoms with Crippen LogP contribution < -0.4 is 5.32 Å². The van der Waals surface area contributed by atoms with E-state index in [1.165, 1.54) is 16.9 Å². The van der Waals surface area contributed by atoms with Crippen molar-refractivity contribution in [2.24, 2.45) is 0 Å². The van der Waals surface area contributed by atoms with Crippen LogP contribution in [-0.2, 0) is 0 Å². The van der Waals surface area contributed by atoms with Gasteiger partial charge in [-0.25, -0.2) is 0 Å². The van der Waals surface area contributed by atoms with Gasteiger partial charge in [0.15, 0.2) is 0 Å². The van der Waals surface area contributed by atoms with Crippen LogP contribution in [0.5, 0.6) is 0 Å². The number of carbonyl (C=O) groups is 1. The molecule has 0 bridgehead atoms. The van der Waals surface area contributed by atoms with E-state index in [4.69, 9.17) is 23.2 Å². The Hall–Kier alpha value is -1.49. The molecular weight excluding hydrogens is 339 g/mol. The van der Waals surface area contributed by atoms with E-state index in [2.05, 4.69) is 29.4 Å². The lowest BCUT2D eigenvalue weighted by Gasteiger charge is -2.12. The molecule has 0 aliphatic rings. The molecule has 1 unspecified atom stereocenters. The lowest BCUT2D eigenvalue weighted by atomic mass is 10.0. The number of H-pyrrole nitrogens is 1. The average Bonchev–Trinajstić information content (AvgIpc) is 3.06. The predicted octanol–water partition coefficient (Wildman–Crippen LogP) is 5.07. The van der Waals surface area contributed by atoms with Crippen molar-refractivity contribution >= 4 is 50.7 Å². The molecular formula is C16H14Cl2N2OS. The van der Waals surface area contributed by atoms with E-state index in [9.17, 15) is 4.79 Å². The molecule has 0 saturated carbocycles. The molecule has 3 nitrogen and oxygen atoms in total. The Kier molecular flexibility index (Phi) is 4.43. The van der Waals surface area contributed by atoms with Crippen molar-refractivity contribution in [3.05, 3.63) is 57.0 Å². The Morgan fingerprint density at radius 3 is 2.73 bits per heavy atom. The minimum absolute atomic E-state index is 0.140. The van der Waals surface area contributed by atoms with Crippen molar-refractivity contribution in [1.82, 2.24) is 10.3 Å². The number of halogens is 2. The third-order valence-corrected chi connectivity index (χ3v) is 5.49. The van der Waals surface area contributed by atoms with Crippen LogP contribution in [0.3, 0.4) is 0 Å². The third kappa shape index (κ3) is 3.00. The summed E-state index contributed by atoms with van der Waals surface area (Å²) >= 11 is 13.4. The molecule has 0 aliphatic heterocycles. The van der Waals surface area contributed by atoms with E-state index < -0.39 is 0 Å². The van der Waals surface area contributed by atoms with Crippen molar-refractivity contribution in [3.63, 3.8) is 0 Å². The summed E-state index contributed by atoms with van der Waals surface area (Å²) in [7, 11) is 0. The minimum atomic E-state index is -0.140. The van der Waals surface area contributed by atoms with E-state index in [0.29, 0.717) is 21.6 Å².